The van der Waals surface area contributed by atoms with Crippen LogP contribution in [-0.2, 0) is 0 Å². The van der Waals surface area contributed by atoms with Crippen LogP contribution in [-0.4, -0.2) is 0 Å². The molecular formula is C15H9ClOS. The van der Waals surface area contributed by atoms with Gasteiger partial charge in [-0.1, -0.05) is 36.0 Å². The highest BCUT2D eigenvalue weighted by molar-refractivity contribution is 7.71. The molecule has 3 aromatic rings. The number of hydrogen-bond donors (Lipinski definition) is 0. The van der Waals surface area contributed by atoms with Gasteiger partial charge in [0.25, 0.3) is 0 Å². The minimum Gasteiger partial charge on any atom is -0.456 e. The molecular weight excluding hydrogens is 264 g/mol. The molecule has 18 heavy (non-hydrogen) atoms. The maximum atomic E-state index is 5.87. The van der Waals surface area contributed by atoms with Gasteiger partial charge in [0.1, 0.15) is 11.3 Å². The summed E-state index contributed by atoms with van der Waals surface area (Å²) in [6.45, 7) is 0. The van der Waals surface area contributed by atoms with Crippen molar-refractivity contribution < 1.29 is 4.42 Å². The number of rotatable bonds is 1. The second-order valence-electron chi connectivity index (χ2n) is 3.98. The van der Waals surface area contributed by atoms with Crippen LogP contribution >= 0.6 is 23.8 Å². The lowest BCUT2D eigenvalue weighted by molar-refractivity contribution is 0.619. The Hall–Kier alpha value is -1.64. The molecule has 0 saturated heterocycles. The Labute approximate surface area is 115 Å². The molecule has 0 N–H and O–H groups in total. The van der Waals surface area contributed by atoms with E-state index in [9.17, 15) is 0 Å². The molecule has 3 rings (SSSR count). The Balaban J connectivity index is 2.24. The van der Waals surface area contributed by atoms with E-state index in [0.29, 0.717) is 5.02 Å². The van der Waals surface area contributed by atoms with E-state index < -0.39 is 0 Å². The molecule has 0 radical (unpaired) electrons. The van der Waals surface area contributed by atoms with Crippen molar-refractivity contribution in [1.82, 2.24) is 0 Å². The zero-order valence-electron chi connectivity index (χ0n) is 9.39. The molecule has 88 valence electrons. The normalized spacial score (nSPS) is 10.7. The molecule has 0 aliphatic heterocycles. The molecule has 3 heteroatoms. The van der Waals surface area contributed by atoms with Crippen LogP contribution in [0.3, 0.4) is 0 Å². The van der Waals surface area contributed by atoms with Gasteiger partial charge in [-0.15, -0.1) is 0 Å². The number of halogens is 1. The summed E-state index contributed by atoms with van der Waals surface area (Å²) >= 11 is 11.3. The molecule has 1 aromatic heterocycles. The largest absolute Gasteiger partial charge is 0.456 e. The first-order chi connectivity index (χ1) is 8.74. The second-order valence-corrected chi connectivity index (χ2v) is 4.85. The molecule has 0 aliphatic carbocycles. The van der Waals surface area contributed by atoms with Gasteiger partial charge in [-0.3, -0.25) is 0 Å². The topological polar surface area (TPSA) is 13.1 Å². The average molecular weight is 273 g/mol. The van der Waals surface area contributed by atoms with Gasteiger partial charge in [0.2, 0.25) is 0 Å². The van der Waals surface area contributed by atoms with Gasteiger partial charge in [0.15, 0.2) is 0 Å². The monoisotopic (exact) mass is 272 g/mol. The first-order valence-corrected chi connectivity index (χ1v) is 6.31. The molecule has 1 nitrogen and oxygen atoms in total. The van der Waals surface area contributed by atoms with E-state index in [0.717, 1.165) is 26.8 Å². The lowest BCUT2D eigenvalue weighted by Gasteiger charge is -2.04. The van der Waals surface area contributed by atoms with Crippen molar-refractivity contribution in [2.24, 2.45) is 0 Å². The van der Waals surface area contributed by atoms with Crippen LogP contribution in [0.5, 0.6) is 0 Å². The Bertz CT molecular complexity index is 759. The molecule has 0 amide bonds. The summed E-state index contributed by atoms with van der Waals surface area (Å²) in [5.41, 5.74) is 1.77. The molecule has 1 heterocycles. The Morgan fingerprint density at radius 3 is 2.44 bits per heavy atom. The minimum atomic E-state index is 0.707. The Morgan fingerprint density at radius 1 is 0.944 bits per heavy atom. The van der Waals surface area contributed by atoms with Crippen LogP contribution in [0.15, 0.2) is 59.0 Å². The molecule has 0 aliphatic rings. The van der Waals surface area contributed by atoms with E-state index >= 15 is 0 Å². The number of fused-ring (bicyclic) bond motifs is 1. The van der Waals surface area contributed by atoms with Crippen LogP contribution in [0.25, 0.3) is 22.3 Å². The molecule has 0 atom stereocenters. The van der Waals surface area contributed by atoms with Crippen LogP contribution in [0.4, 0.5) is 0 Å². The van der Waals surface area contributed by atoms with E-state index in [2.05, 4.69) is 0 Å². The first kappa shape index (κ1) is 11.5. The highest BCUT2D eigenvalue weighted by Crippen LogP contribution is 2.26. The van der Waals surface area contributed by atoms with Crippen molar-refractivity contribution in [1.29, 1.82) is 0 Å². The van der Waals surface area contributed by atoms with Gasteiger partial charge in [-0.05, 0) is 36.4 Å². The van der Waals surface area contributed by atoms with Crippen molar-refractivity contribution in [3.05, 3.63) is 64.1 Å². The highest BCUT2D eigenvalue weighted by atomic mass is 35.5. The number of benzene rings is 2. The SMILES string of the molecule is S=c1cc(-c2ccc(Cl)cc2)oc2ccccc12. The standard InChI is InChI=1S/C15H9ClOS/c16-11-7-5-10(6-8-11)14-9-15(18)12-3-1-2-4-13(12)17-14/h1-9H. The van der Waals surface area contributed by atoms with E-state index in [1.54, 1.807) is 0 Å². The van der Waals surface area contributed by atoms with Crippen LogP contribution in [0, 0.1) is 4.51 Å². The molecule has 0 spiro atoms. The second kappa shape index (κ2) is 4.56. The third-order valence-electron chi connectivity index (χ3n) is 2.76. The van der Waals surface area contributed by atoms with E-state index in [1.807, 2.05) is 54.6 Å². The lowest BCUT2D eigenvalue weighted by Crippen LogP contribution is -1.80. The fraction of sp³-hybridized carbons (Fsp3) is 0. The molecule has 0 bridgehead atoms. The summed E-state index contributed by atoms with van der Waals surface area (Å²) in [5, 5.41) is 1.67. The summed E-state index contributed by atoms with van der Waals surface area (Å²) in [6, 6.07) is 17.2. The van der Waals surface area contributed by atoms with Gasteiger partial charge in [0.05, 0.1) is 4.51 Å². The Morgan fingerprint density at radius 2 is 1.67 bits per heavy atom. The summed E-state index contributed by atoms with van der Waals surface area (Å²) in [4.78, 5) is 0. The summed E-state index contributed by atoms with van der Waals surface area (Å²) in [6.07, 6.45) is 0. The third-order valence-corrected chi connectivity index (χ3v) is 3.35. The minimum absolute atomic E-state index is 0.707. The zero-order chi connectivity index (χ0) is 12.5. The fourth-order valence-corrected chi connectivity index (χ4v) is 2.26. The van der Waals surface area contributed by atoms with E-state index in [-0.39, 0.29) is 0 Å². The molecule has 0 fully saturated rings. The average Bonchev–Trinajstić information content (AvgIpc) is 2.39. The van der Waals surface area contributed by atoms with Crippen molar-refractivity contribution in [2.45, 2.75) is 0 Å². The van der Waals surface area contributed by atoms with Crippen molar-refractivity contribution in [3.63, 3.8) is 0 Å². The summed E-state index contributed by atoms with van der Waals surface area (Å²) in [5.74, 6) is 0.760. The predicted octanol–water partition coefficient (Wildman–Crippen LogP) is 5.48. The third kappa shape index (κ3) is 2.05. The lowest BCUT2D eigenvalue weighted by atomic mass is 10.1. The summed E-state index contributed by atoms with van der Waals surface area (Å²) in [7, 11) is 0. The van der Waals surface area contributed by atoms with E-state index in [4.69, 9.17) is 28.2 Å². The highest BCUT2D eigenvalue weighted by Gasteiger charge is 2.04. The quantitative estimate of drug-likeness (QED) is 0.544. The van der Waals surface area contributed by atoms with Crippen molar-refractivity contribution in [2.75, 3.05) is 0 Å². The first-order valence-electron chi connectivity index (χ1n) is 5.53. The van der Waals surface area contributed by atoms with Gasteiger partial charge in [-0.25, -0.2) is 0 Å². The van der Waals surface area contributed by atoms with Crippen LogP contribution < -0.4 is 0 Å². The van der Waals surface area contributed by atoms with Gasteiger partial charge >= 0.3 is 0 Å². The molecule has 0 saturated carbocycles. The fourth-order valence-electron chi connectivity index (χ4n) is 1.86. The van der Waals surface area contributed by atoms with Gasteiger partial charge < -0.3 is 4.42 Å². The van der Waals surface area contributed by atoms with Crippen LogP contribution in [0.2, 0.25) is 5.02 Å². The molecule has 0 unspecified atom stereocenters. The predicted molar refractivity (Wildman–Crippen MR) is 77.5 cm³/mol. The number of para-hydroxylation sites is 1. The van der Waals surface area contributed by atoms with Crippen molar-refractivity contribution in [3.8, 4) is 11.3 Å². The smallest absolute Gasteiger partial charge is 0.136 e. The maximum Gasteiger partial charge on any atom is 0.136 e. The summed E-state index contributed by atoms with van der Waals surface area (Å²) < 4.78 is 6.65. The number of hydrogen-bond acceptors (Lipinski definition) is 2. The van der Waals surface area contributed by atoms with Gasteiger partial charge in [0, 0.05) is 22.0 Å². The van der Waals surface area contributed by atoms with Gasteiger partial charge in [-0.2, -0.15) is 0 Å². The molecule has 2 aromatic carbocycles. The van der Waals surface area contributed by atoms with Crippen LogP contribution in [0.1, 0.15) is 0 Å². The Kier molecular flexibility index (Phi) is 2.90. The maximum absolute atomic E-state index is 5.87. The zero-order valence-corrected chi connectivity index (χ0v) is 11.0. The van der Waals surface area contributed by atoms with E-state index in [1.165, 1.54) is 0 Å². The van der Waals surface area contributed by atoms with Crippen molar-refractivity contribution >= 4 is 34.8 Å².